The van der Waals surface area contributed by atoms with Gasteiger partial charge in [-0.1, -0.05) is 26.7 Å². The number of aryl methyl sites for hydroxylation is 1. The number of nitrogens with zero attached hydrogens (tertiary/aromatic N) is 4. The van der Waals surface area contributed by atoms with Crippen LogP contribution in [-0.4, -0.2) is 44.5 Å². The second kappa shape index (κ2) is 12.5. The fourth-order valence-electron chi connectivity index (χ4n) is 2.64. The predicted molar refractivity (Wildman–Crippen MR) is 109 cm³/mol. The molecule has 0 unspecified atom stereocenters. The Labute approximate surface area is 162 Å². The molecule has 0 atom stereocenters. The summed E-state index contributed by atoms with van der Waals surface area (Å²) in [5, 5.41) is 25.2. The van der Waals surface area contributed by atoms with Crippen LogP contribution in [0.25, 0.3) is 0 Å². The first-order chi connectivity index (χ1) is 11.1. The fourth-order valence-corrected chi connectivity index (χ4v) is 2.64. The lowest BCUT2D eigenvalue weighted by Crippen LogP contribution is -2.47. The molecule has 0 aliphatic carbocycles. The van der Waals surface area contributed by atoms with Gasteiger partial charge in [0, 0.05) is 19.6 Å². The molecule has 0 saturated carbocycles. The van der Waals surface area contributed by atoms with Crippen LogP contribution in [0.1, 0.15) is 59.2 Å². The number of hydrogen-bond donors (Lipinski definition) is 3. The van der Waals surface area contributed by atoms with Crippen LogP contribution in [0.15, 0.2) is 11.3 Å². The van der Waals surface area contributed by atoms with Crippen molar-refractivity contribution in [1.29, 1.82) is 0 Å². The molecule has 24 heavy (non-hydrogen) atoms. The lowest BCUT2D eigenvalue weighted by Gasteiger charge is -2.28. The maximum atomic E-state index is 10.7. The van der Waals surface area contributed by atoms with Gasteiger partial charge in [0.15, 0.2) is 11.8 Å². The van der Waals surface area contributed by atoms with E-state index in [-0.39, 0.29) is 24.0 Å². The second-order valence-corrected chi connectivity index (χ2v) is 5.81. The van der Waals surface area contributed by atoms with E-state index in [4.69, 9.17) is 0 Å². The molecule has 0 spiro atoms. The number of guanidine groups is 1. The van der Waals surface area contributed by atoms with Crippen LogP contribution in [0.3, 0.4) is 0 Å². The Kier molecular flexibility index (Phi) is 12.0. The van der Waals surface area contributed by atoms with E-state index < -0.39 is 5.60 Å². The molecular weight excluding hydrogens is 419 g/mol. The van der Waals surface area contributed by atoms with E-state index in [1.807, 2.05) is 11.5 Å². The predicted octanol–water partition coefficient (Wildman–Crippen LogP) is 2.30. The highest BCUT2D eigenvalue weighted by atomic mass is 127. The van der Waals surface area contributed by atoms with E-state index >= 15 is 0 Å². The van der Waals surface area contributed by atoms with Crippen LogP contribution in [0, 0.1) is 0 Å². The van der Waals surface area contributed by atoms with Crippen molar-refractivity contribution in [3.63, 3.8) is 0 Å². The molecule has 0 amide bonds. The third-order valence-corrected chi connectivity index (χ3v) is 3.77. The Morgan fingerprint density at radius 3 is 2.42 bits per heavy atom. The Balaban J connectivity index is 0.00000529. The quantitative estimate of drug-likeness (QED) is 0.288. The van der Waals surface area contributed by atoms with Gasteiger partial charge in [-0.25, -0.2) is 4.99 Å². The molecule has 3 N–H and O–H groups in total. The molecule has 0 aliphatic rings. The Morgan fingerprint density at radius 2 is 1.88 bits per heavy atom. The van der Waals surface area contributed by atoms with Crippen molar-refractivity contribution < 1.29 is 5.11 Å². The van der Waals surface area contributed by atoms with E-state index in [1.165, 1.54) is 0 Å². The van der Waals surface area contributed by atoms with Gasteiger partial charge in [0.05, 0.1) is 5.60 Å². The van der Waals surface area contributed by atoms with Gasteiger partial charge in [-0.3, -0.25) is 0 Å². The third-order valence-electron chi connectivity index (χ3n) is 3.77. The summed E-state index contributed by atoms with van der Waals surface area (Å²) in [4.78, 5) is 4.55. The number of rotatable bonds is 10. The van der Waals surface area contributed by atoms with Crippen molar-refractivity contribution in [3.8, 4) is 0 Å². The molecule has 1 heterocycles. The van der Waals surface area contributed by atoms with Gasteiger partial charge in [-0.2, -0.15) is 0 Å². The number of halogens is 1. The highest BCUT2D eigenvalue weighted by molar-refractivity contribution is 14.0. The highest BCUT2D eigenvalue weighted by Gasteiger charge is 2.24. The zero-order valence-electron chi connectivity index (χ0n) is 15.4. The van der Waals surface area contributed by atoms with Gasteiger partial charge in [0.2, 0.25) is 0 Å². The van der Waals surface area contributed by atoms with Crippen LogP contribution in [0.2, 0.25) is 0 Å². The average Bonchev–Trinajstić information content (AvgIpc) is 2.98. The second-order valence-electron chi connectivity index (χ2n) is 5.81. The summed E-state index contributed by atoms with van der Waals surface area (Å²) in [7, 11) is 0. The Hall–Kier alpha value is -0.900. The van der Waals surface area contributed by atoms with Gasteiger partial charge in [0.25, 0.3) is 0 Å². The number of aliphatic hydroxyl groups is 1. The van der Waals surface area contributed by atoms with Crippen LogP contribution < -0.4 is 10.6 Å². The highest BCUT2D eigenvalue weighted by Crippen LogP contribution is 2.18. The summed E-state index contributed by atoms with van der Waals surface area (Å²) in [5.74, 6) is 1.53. The molecule has 7 nitrogen and oxygen atoms in total. The van der Waals surface area contributed by atoms with E-state index in [1.54, 1.807) is 6.33 Å². The summed E-state index contributed by atoms with van der Waals surface area (Å²) >= 11 is 0. The van der Waals surface area contributed by atoms with Crippen molar-refractivity contribution in [3.05, 3.63) is 12.2 Å². The minimum Gasteiger partial charge on any atom is -0.388 e. The first-order valence-electron chi connectivity index (χ1n) is 8.69. The van der Waals surface area contributed by atoms with E-state index in [2.05, 4.69) is 46.6 Å². The van der Waals surface area contributed by atoms with Crippen molar-refractivity contribution in [1.82, 2.24) is 25.4 Å². The third kappa shape index (κ3) is 7.78. The monoisotopic (exact) mass is 452 g/mol. The molecule has 0 aliphatic heterocycles. The van der Waals surface area contributed by atoms with E-state index in [0.717, 1.165) is 44.6 Å². The summed E-state index contributed by atoms with van der Waals surface area (Å²) < 4.78 is 1.97. The van der Waals surface area contributed by atoms with Crippen LogP contribution in [0.4, 0.5) is 0 Å². The van der Waals surface area contributed by atoms with Crippen molar-refractivity contribution in [2.24, 2.45) is 4.99 Å². The summed E-state index contributed by atoms with van der Waals surface area (Å²) in [6, 6.07) is 0. The molecule has 140 valence electrons. The zero-order chi connectivity index (χ0) is 17.1. The first kappa shape index (κ1) is 23.1. The van der Waals surface area contributed by atoms with Gasteiger partial charge >= 0.3 is 0 Å². The molecule has 0 aromatic carbocycles. The summed E-state index contributed by atoms with van der Waals surface area (Å²) in [6.07, 6.45) is 5.22. The number of nitrogens with one attached hydrogen (secondary N) is 2. The molecule has 0 bridgehead atoms. The van der Waals surface area contributed by atoms with Crippen LogP contribution in [0.5, 0.6) is 0 Å². The molecule has 1 aromatic rings. The van der Waals surface area contributed by atoms with Gasteiger partial charge in [-0.15, -0.1) is 34.2 Å². The lowest BCUT2D eigenvalue weighted by molar-refractivity contribution is 0.0257. The first-order valence-corrected chi connectivity index (χ1v) is 8.69. The summed E-state index contributed by atoms with van der Waals surface area (Å²) in [6.45, 7) is 10.8. The summed E-state index contributed by atoms with van der Waals surface area (Å²) in [5.41, 5.74) is -0.677. The number of hydrogen-bond acceptors (Lipinski definition) is 4. The standard InChI is InChI=1S/C16H32N6O.HI/c1-5-9-16(23,10-6-2)12-19-15(17-7-3)18-11-14-21-20-13-22(14)8-4;/h13,23H,5-12H2,1-4H3,(H2,17,18,19);1H. The average molecular weight is 452 g/mol. The molecule has 0 saturated heterocycles. The van der Waals surface area contributed by atoms with E-state index in [9.17, 15) is 5.11 Å². The molecular formula is C16H33IN6O. The van der Waals surface area contributed by atoms with Crippen LogP contribution >= 0.6 is 24.0 Å². The smallest absolute Gasteiger partial charge is 0.191 e. The van der Waals surface area contributed by atoms with Crippen molar-refractivity contribution >= 4 is 29.9 Å². The van der Waals surface area contributed by atoms with Gasteiger partial charge in [0.1, 0.15) is 12.9 Å². The minimum absolute atomic E-state index is 0. The molecule has 0 fully saturated rings. The van der Waals surface area contributed by atoms with Crippen LogP contribution in [-0.2, 0) is 13.1 Å². The lowest BCUT2D eigenvalue weighted by atomic mass is 9.93. The number of aromatic nitrogens is 3. The molecule has 0 radical (unpaired) electrons. The Morgan fingerprint density at radius 1 is 1.21 bits per heavy atom. The zero-order valence-corrected chi connectivity index (χ0v) is 17.7. The van der Waals surface area contributed by atoms with Gasteiger partial charge < -0.3 is 20.3 Å². The maximum absolute atomic E-state index is 10.7. The molecule has 1 aromatic heterocycles. The SMILES string of the molecule is CCCC(O)(CCC)CNC(=NCc1nncn1CC)NCC.I. The number of aliphatic imine (C=N–C) groups is 1. The molecule has 8 heteroatoms. The largest absolute Gasteiger partial charge is 0.388 e. The normalized spacial score (nSPS) is 12.0. The van der Waals surface area contributed by atoms with Gasteiger partial charge in [-0.05, 0) is 26.7 Å². The topological polar surface area (TPSA) is 87.4 Å². The fraction of sp³-hybridized carbons (Fsp3) is 0.812. The minimum atomic E-state index is -0.677. The molecule has 1 rings (SSSR count). The van der Waals surface area contributed by atoms with Crippen molar-refractivity contribution in [2.75, 3.05) is 13.1 Å². The maximum Gasteiger partial charge on any atom is 0.191 e. The van der Waals surface area contributed by atoms with E-state index in [0.29, 0.717) is 19.0 Å². The Bertz CT molecular complexity index is 471. The van der Waals surface area contributed by atoms with Crippen molar-refractivity contribution in [2.45, 2.75) is 72.1 Å².